The number of benzene rings is 1. The number of nitrogen functional groups attached to an aromatic ring is 1. The van der Waals surface area contributed by atoms with E-state index in [-0.39, 0.29) is 5.91 Å². The van der Waals surface area contributed by atoms with E-state index < -0.39 is 5.60 Å². The Hall–Kier alpha value is -2.33. The number of nitrogens with zero attached hydrogens (tertiary/aromatic N) is 1. The number of anilines is 1. The lowest BCUT2D eigenvalue weighted by Crippen LogP contribution is -2.46. The van der Waals surface area contributed by atoms with Gasteiger partial charge in [-0.25, -0.2) is 0 Å². The third kappa shape index (κ3) is 4.59. The predicted molar refractivity (Wildman–Crippen MR) is 98.7 cm³/mol. The number of rotatable bonds is 5. The molecule has 0 radical (unpaired) electrons. The summed E-state index contributed by atoms with van der Waals surface area (Å²) >= 11 is 0. The molecular formula is C20H26N2O2. The smallest absolute Gasteiger partial charge is 0.253 e. The molecule has 0 spiro atoms. The van der Waals surface area contributed by atoms with E-state index in [1.54, 1.807) is 35.2 Å². The molecule has 1 aliphatic rings. The summed E-state index contributed by atoms with van der Waals surface area (Å²) < 4.78 is 0. The normalized spacial score (nSPS) is 17.9. The molecule has 2 rings (SSSR count). The monoisotopic (exact) mass is 326 g/mol. The van der Waals surface area contributed by atoms with Gasteiger partial charge in [0.15, 0.2) is 0 Å². The predicted octanol–water partition coefficient (Wildman–Crippen LogP) is 3.31. The van der Waals surface area contributed by atoms with E-state index >= 15 is 0 Å². The van der Waals surface area contributed by atoms with Crippen LogP contribution < -0.4 is 5.73 Å². The van der Waals surface area contributed by atoms with Crippen LogP contribution in [-0.4, -0.2) is 34.6 Å². The van der Waals surface area contributed by atoms with Crippen molar-refractivity contribution >= 4 is 11.6 Å². The third-order valence-electron chi connectivity index (χ3n) is 4.38. The van der Waals surface area contributed by atoms with Crippen molar-refractivity contribution in [3.05, 3.63) is 66.3 Å². The van der Waals surface area contributed by atoms with Gasteiger partial charge in [-0.2, -0.15) is 0 Å². The summed E-state index contributed by atoms with van der Waals surface area (Å²) in [6.45, 7) is 6.78. The fourth-order valence-electron chi connectivity index (χ4n) is 3.03. The molecule has 3 N–H and O–H groups in total. The average Bonchev–Trinajstić information content (AvgIpc) is 2.56. The first-order chi connectivity index (χ1) is 11.5. The Morgan fingerprint density at radius 1 is 1.33 bits per heavy atom. The van der Waals surface area contributed by atoms with Crippen LogP contribution in [0.2, 0.25) is 0 Å². The molecule has 1 amide bonds. The summed E-state index contributed by atoms with van der Waals surface area (Å²) in [6, 6.07) is 6.96. The number of hydrogen-bond donors (Lipinski definition) is 2. The second-order valence-corrected chi connectivity index (χ2v) is 6.29. The standard InChI is InChI=1S/C20H26N2O2/c1-3-5-16(6-4-2)15-20(24)11-13-22(14-12-20)19(23)17-7-9-18(21)10-8-17/h3-10,24H,1,11-15,21H2,2H3/b6-4-,16-5+. The van der Waals surface area contributed by atoms with Gasteiger partial charge in [-0.05, 0) is 49.6 Å². The summed E-state index contributed by atoms with van der Waals surface area (Å²) in [7, 11) is 0. The van der Waals surface area contributed by atoms with E-state index in [9.17, 15) is 9.90 Å². The molecule has 0 bridgehead atoms. The highest BCUT2D eigenvalue weighted by Crippen LogP contribution is 2.30. The van der Waals surface area contributed by atoms with Gasteiger partial charge >= 0.3 is 0 Å². The molecule has 0 saturated carbocycles. The van der Waals surface area contributed by atoms with Gasteiger partial charge in [-0.1, -0.05) is 30.9 Å². The van der Waals surface area contributed by atoms with Crippen LogP contribution in [0.4, 0.5) is 5.69 Å². The molecule has 1 aromatic carbocycles. The van der Waals surface area contributed by atoms with Crippen LogP contribution in [0.25, 0.3) is 0 Å². The van der Waals surface area contributed by atoms with Gasteiger partial charge in [-0.3, -0.25) is 4.79 Å². The zero-order valence-corrected chi connectivity index (χ0v) is 14.2. The number of nitrogens with two attached hydrogens (primary N) is 1. The van der Waals surface area contributed by atoms with Crippen LogP contribution >= 0.6 is 0 Å². The van der Waals surface area contributed by atoms with E-state index in [2.05, 4.69) is 6.58 Å². The van der Waals surface area contributed by atoms with Crippen molar-refractivity contribution in [2.24, 2.45) is 0 Å². The second kappa shape index (κ2) is 7.97. The summed E-state index contributed by atoms with van der Waals surface area (Å²) in [5.41, 5.74) is 7.22. The first-order valence-electron chi connectivity index (χ1n) is 8.29. The van der Waals surface area contributed by atoms with E-state index in [1.807, 2.05) is 25.2 Å². The molecule has 0 atom stereocenters. The molecular weight excluding hydrogens is 300 g/mol. The fourth-order valence-corrected chi connectivity index (χ4v) is 3.03. The molecule has 0 aliphatic carbocycles. The average molecular weight is 326 g/mol. The van der Waals surface area contributed by atoms with Crippen molar-refractivity contribution in [2.75, 3.05) is 18.8 Å². The maximum absolute atomic E-state index is 12.5. The van der Waals surface area contributed by atoms with Gasteiger partial charge in [-0.15, -0.1) is 0 Å². The summed E-state index contributed by atoms with van der Waals surface area (Å²) in [5, 5.41) is 10.8. The van der Waals surface area contributed by atoms with Crippen molar-refractivity contribution in [1.29, 1.82) is 0 Å². The Labute approximate surface area is 144 Å². The molecule has 1 aliphatic heterocycles. The minimum Gasteiger partial charge on any atom is -0.399 e. The van der Waals surface area contributed by atoms with Gasteiger partial charge in [0.25, 0.3) is 5.91 Å². The largest absolute Gasteiger partial charge is 0.399 e. The summed E-state index contributed by atoms with van der Waals surface area (Å²) in [5.74, 6) is -0.00707. The first-order valence-corrected chi connectivity index (χ1v) is 8.29. The highest BCUT2D eigenvalue weighted by molar-refractivity contribution is 5.94. The molecule has 4 heteroatoms. The quantitative estimate of drug-likeness (QED) is 0.644. The maximum Gasteiger partial charge on any atom is 0.253 e. The molecule has 0 aromatic heterocycles. The highest BCUT2D eigenvalue weighted by Gasteiger charge is 2.34. The maximum atomic E-state index is 12.5. The number of piperidine rings is 1. The van der Waals surface area contributed by atoms with Gasteiger partial charge in [0.2, 0.25) is 0 Å². The number of carbonyl (C=O) groups excluding carboxylic acids is 1. The molecule has 1 heterocycles. The highest BCUT2D eigenvalue weighted by atomic mass is 16.3. The topological polar surface area (TPSA) is 66.6 Å². The van der Waals surface area contributed by atoms with Crippen LogP contribution in [-0.2, 0) is 0 Å². The van der Waals surface area contributed by atoms with Crippen molar-refractivity contribution in [3.8, 4) is 0 Å². The Bertz CT molecular complexity index is 636. The minimum absolute atomic E-state index is 0.00707. The molecule has 0 unspecified atom stereocenters. The summed E-state index contributed by atoms with van der Waals surface area (Å²) in [6.07, 6.45) is 9.32. The van der Waals surface area contributed by atoms with Crippen LogP contribution in [0, 0.1) is 0 Å². The number of likely N-dealkylation sites (tertiary alicyclic amines) is 1. The number of hydrogen-bond acceptors (Lipinski definition) is 3. The van der Waals surface area contributed by atoms with Crippen LogP contribution in [0.5, 0.6) is 0 Å². The van der Waals surface area contributed by atoms with E-state index in [0.29, 0.717) is 43.6 Å². The second-order valence-electron chi connectivity index (χ2n) is 6.29. The van der Waals surface area contributed by atoms with Gasteiger partial charge in [0, 0.05) is 30.8 Å². The van der Waals surface area contributed by atoms with Crippen LogP contribution in [0.15, 0.2) is 60.7 Å². The van der Waals surface area contributed by atoms with E-state index in [4.69, 9.17) is 5.73 Å². The Morgan fingerprint density at radius 3 is 2.50 bits per heavy atom. The van der Waals surface area contributed by atoms with Crippen molar-refractivity contribution in [2.45, 2.75) is 31.8 Å². The van der Waals surface area contributed by atoms with Crippen LogP contribution in [0.1, 0.15) is 36.5 Å². The Balaban J connectivity index is 1.99. The minimum atomic E-state index is -0.772. The van der Waals surface area contributed by atoms with E-state index in [0.717, 1.165) is 5.57 Å². The zero-order valence-electron chi connectivity index (χ0n) is 14.2. The molecule has 4 nitrogen and oxygen atoms in total. The van der Waals surface area contributed by atoms with Crippen molar-refractivity contribution in [3.63, 3.8) is 0 Å². The van der Waals surface area contributed by atoms with Crippen molar-refractivity contribution in [1.82, 2.24) is 4.90 Å². The van der Waals surface area contributed by atoms with Gasteiger partial charge in [0.05, 0.1) is 5.60 Å². The van der Waals surface area contributed by atoms with Gasteiger partial charge < -0.3 is 15.7 Å². The Kier molecular flexibility index (Phi) is 5.99. The lowest BCUT2D eigenvalue weighted by molar-refractivity contribution is -0.0156. The van der Waals surface area contributed by atoms with E-state index in [1.165, 1.54) is 0 Å². The number of aliphatic hydroxyl groups is 1. The number of amides is 1. The SMILES string of the molecule is C=C/C=C(\C=C/C)CC1(O)CCN(C(=O)c2ccc(N)cc2)CC1. The molecule has 1 saturated heterocycles. The van der Waals surface area contributed by atoms with Crippen molar-refractivity contribution < 1.29 is 9.90 Å². The lowest BCUT2D eigenvalue weighted by Gasteiger charge is -2.38. The fraction of sp³-hybridized carbons (Fsp3) is 0.350. The Morgan fingerprint density at radius 2 is 1.96 bits per heavy atom. The summed E-state index contributed by atoms with van der Waals surface area (Å²) in [4.78, 5) is 14.3. The molecule has 24 heavy (non-hydrogen) atoms. The lowest BCUT2D eigenvalue weighted by atomic mass is 9.84. The third-order valence-corrected chi connectivity index (χ3v) is 4.38. The molecule has 1 aromatic rings. The first kappa shape index (κ1) is 18.0. The number of carbonyl (C=O) groups is 1. The van der Waals surface area contributed by atoms with Crippen LogP contribution in [0.3, 0.4) is 0 Å². The number of allylic oxidation sites excluding steroid dienone is 4. The zero-order chi connectivity index (χ0) is 17.6. The molecule has 1 fully saturated rings. The molecule has 128 valence electrons. The van der Waals surface area contributed by atoms with Gasteiger partial charge in [0.1, 0.15) is 0 Å².